The van der Waals surface area contributed by atoms with E-state index in [1.54, 1.807) is 35.4 Å². The Balaban J connectivity index is 1.29. The smallest absolute Gasteiger partial charge is 0.251 e. The van der Waals surface area contributed by atoms with Crippen LogP contribution in [0.3, 0.4) is 0 Å². The molecule has 0 spiro atoms. The van der Waals surface area contributed by atoms with Crippen molar-refractivity contribution in [3.8, 4) is 5.75 Å². The largest absolute Gasteiger partial charge is 0.493 e. The van der Waals surface area contributed by atoms with Crippen LogP contribution in [-0.4, -0.2) is 29.1 Å². The summed E-state index contributed by atoms with van der Waals surface area (Å²) in [5.74, 6) is 0.625. The van der Waals surface area contributed by atoms with E-state index in [4.69, 9.17) is 9.15 Å². The lowest BCUT2D eigenvalue weighted by Crippen LogP contribution is -2.44. The van der Waals surface area contributed by atoms with Crippen LogP contribution in [0.15, 0.2) is 64.1 Å². The van der Waals surface area contributed by atoms with E-state index in [9.17, 15) is 9.90 Å². The number of furan rings is 1. The Morgan fingerprint density at radius 3 is 2.36 bits per heavy atom. The van der Waals surface area contributed by atoms with Crippen LogP contribution in [0, 0.1) is 5.82 Å². The Morgan fingerprint density at radius 1 is 0.977 bits per heavy atom. The van der Waals surface area contributed by atoms with Crippen LogP contribution >= 0.6 is 11.8 Å². The fourth-order valence-electron chi connectivity index (χ4n) is 5.63. The van der Waals surface area contributed by atoms with Crippen LogP contribution in [0.2, 0.25) is 0 Å². The van der Waals surface area contributed by atoms with Crippen molar-refractivity contribution in [1.82, 2.24) is 5.32 Å². The molecule has 2 atom stereocenters. The maximum absolute atomic E-state index is 15.2. The van der Waals surface area contributed by atoms with Gasteiger partial charge in [0.1, 0.15) is 23.6 Å². The van der Waals surface area contributed by atoms with Gasteiger partial charge in [0.25, 0.3) is 5.91 Å². The number of unbranched alkanes of at least 4 members (excludes halogenated alkanes) is 11. The van der Waals surface area contributed by atoms with E-state index in [1.165, 1.54) is 82.0 Å². The number of rotatable bonds is 19. The molecule has 0 fully saturated rings. The zero-order valence-corrected chi connectivity index (χ0v) is 27.2. The van der Waals surface area contributed by atoms with Gasteiger partial charge >= 0.3 is 0 Å². The number of nitrogens with one attached hydrogen (secondary N) is 1. The first kappa shape index (κ1) is 33.9. The molecule has 6 nitrogen and oxygen atoms in total. The highest BCUT2D eigenvalue weighted by Crippen LogP contribution is 2.43. The van der Waals surface area contributed by atoms with Crippen LogP contribution in [0.4, 0.5) is 10.1 Å². The SMILES string of the molecule is CCCCCCCCCCCCCCOc1cccc(F)c1CN1c2ccc(C(=O)NCc3ccco3)cc2SC(C)C1O. The van der Waals surface area contributed by atoms with Crippen molar-refractivity contribution in [3.05, 3.63) is 77.5 Å². The first-order valence-corrected chi connectivity index (χ1v) is 17.3. The third-order valence-corrected chi connectivity index (χ3v) is 9.44. The van der Waals surface area contributed by atoms with Crippen molar-refractivity contribution in [2.45, 2.75) is 120 Å². The summed E-state index contributed by atoms with van der Waals surface area (Å²) in [5.41, 5.74) is 1.71. The van der Waals surface area contributed by atoms with E-state index >= 15 is 4.39 Å². The summed E-state index contributed by atoms with van der Waals surface area (Å²) in [6, 6.07) is 13.9. The monoisotopic (exact) mass is 624 g/mol. The molecule has 0 bridgehead atoms. The highest BCUT2D eigenvalue weighted by molar-refractivity contribution is 8.00. The third-order valence-electron chi connectivity index (χ3n) is 8.25. The lowest BCUT2D eigenvalue weighted by molar-refractivity contribution is 0.0948. The zero-order valence-electron chi connectivity index (χ0n) is 26.4. The highest BCUT2D eigenvalue weighted by atomic mass is 32.2. The van der Waals surface area contributed by atoms with E-state index < -0.39 is 6.23 Å². The molecule has 4 rings (SSSR count). The second-order valence-electron chi connectivity index (χ2n) is 11.8. The number of ether oxygens (including phenoxy) is 1. The van der Waals surface area contributed by atoms with Gasteiger partial charge in [-0.25, -0.2) is 4.39 Å². The molecule has 2 unspecified atom stereocenters. The first-order valence-electron chi connectivity index (χ1n) is 16.4. The van der Waals surface area contributed by atoms with Crippen molar-refractivity contribution in [2.24, 2.45) is 0 Å². The molecule has 240 valence electrons. The molecular weight excluding hydrogens is 575 g/mol. The number of thioether (sulfide) groups is 1. The van der Waals surface area contributed by atoms with Gasteiger partial charge in [-0.2, -0.15) is 0 Å². The van der Waals surface area contributed by atoms with Gasteiger partial charge in [-0.1, -0.05) is 83.6 Å². The van der Waals surface area contributed by atoms with Gasteiger partial charge in [0.15, 0.2) is 0 Å². The first-order chi connectivity index (χ1) is 21.5. The minimum absolute atomic E-state index is 0.156. The number of hydrogen-bond donors (Lipinski definition) is 2. The number of aliphatic hydroxyl groups excluding tert-OH is 1. The maximum atomic E-state index is 15.2. The summed E-state index contributed by atoms with van der Waals surface area (Å²) in [5, 5.41) is 13.8. The number of aliphatic hydroxyl groups is 1. The number of anilines is 1. The molecule has 2 N–H and O–H groups in total. The number of carbonyl (C=O) groups excluding carboxylic acids is 1. The Hall–Kier alpha value is -2.97. The molecule has 0 saturated carbocycles. The van der Waals surface area contributed by atoms with Gasteiger partial charge in [0.05, 0.1) is 36.9 Å². The molecule has 2 heterocycles. The number of amides is 1. The van der Waals surface area contributed by atoms with Crippen molar-refractivity contribution in [1.29, 1.82) is 0 Å². The van der Waals surface area contributed by atoms with Gasteiger partial charge in [-0.15, -0.1) is 11.8 Å². The second kappa shape index (κ2) is 18.1. The van der Waals surface area contributed by atoms with Crippen molar-refractivity contribution >= 4 is 23.4 Å². The Morgan fingerprint density at radius 2 is 1.68 bits per heavy atom. The summed E-state index contributed by atoms with van der Waals surface area (Å²) >= 11 is 1.51. The van der Waals surface area contributed by atoms with Gasteiger partial charge < -0.3 is 24.5 Å². The highest BCUT2D eigenvalue weighted by Gasteiger charge is 2.32. The maximum Gasteiger partial charge on any atom is 0.251 e. The minimum Gasteiger partial charge on any atom is -0.493 e. The Labute approximate surface area is 266 Å². The molecule has 1 amide bonds. The van der Waals surface area contributed by atoms with Gasteiger partial charge in [0, 0.05) is 16.0 Å². The van der Waals surface area contributed by atoms with Gasteiger partial charge in [-0.05, 0) is 55.8 Å². The minimum atomic E-state index is -0.824. The topological polar surface area (TPSA) is 74.9 Å². The number of nitrogens with zero attached hydrogens (tertiary/aromatic N) is 1. The Kier molecular flexibility index (Phi) is 14.0. The molecular formula is C36H49FN2O4S. The molecule has 0 aliphatic carbocycles. The quantitative estimate of drug-likeness (QED) is 0.130. The summed E-state index contributed by atoms with van der Waals surface area (Å²) in [7, 11) is 0. The normalized spacial score (nSPS) is 16.1. The van der Waals surface area contributed by atoms with Gasteiger partial charge in [0.2, 0.25) is 0 Å². The zero-order chi connectivity index (χ0) is 31.1. The molecule has 1 aromatic heterocycles. The summed E-state index contributed by atoms with van der Waals surface area (Å²) in [4.78, 5) is 15.5. The molecule has 8 heteroatoms. The van der Waals surface area contributed by atoms with E-state index in [-0.39, 0.29) is 23.5 Å². The average molecular weight is 625 g/mol. The third kappa shape index (κ3) is 10.0. The number of carbonyl (C=O) groups is 1. The van der Waals surface area contributed by atoms with Crippen LogP contribution < -0.4 is 15.0 Å². The van der Waals surface area contributed by atoms with Gasteiger partial charge in [-0.3, -0.25) is 4.79 Å². The predicted octanol–water partition coefficient (Wildman–Crippen LogP) is 9.25. The molecule has 1 aliphatic rings. The van der Waals surface area contributed by atoms with E-state index in [2.05, 4.69) is 12.2 Å². The number of fused-ring (bicyclic) bond motifs is 1. The number of benzene rings is 2. The molecule has 44 heavy (non-hydrogen) atoms. The lowest BCUT2D eigenvalue weighted by atomic mass is 10.1. The lowest BCUT2D eigenvalue weighted by Gasteiger charge is -2.39. The fraction of sp³-hybridized carbons (Fsp3) is 0.528. The van der Waals surface area contributed by atoms with Crippen LogP contribution in [0.5, 0.6) is 5.75 Å². The molecule has 0 radical (unpaired) electrons. The molecule has 3 aromatic rings. The number of halogens is 1. The van der Waals surface area contributed by atoms with E-state index in [0.717, 1.165) is 23.4 Å². The summed E-state index contributed by atoms with van der Waals surface area (Å²) in [6.45, 7) is 5.18. The Bertz CT molecular complexity index is 1290. The van der Waals surface area contributed by atoms with Crippen molar-refractivity contribution in [3.63, 3.8) is 0 Å². The molecule has 2 aromatic carbocycles. The van der Waals surface area contributed by atoms with Crippen molar-refractivity contribution < 1.29 is 23.4 Å². The summed E-state index contributed by atoms with van der Waals surface area (Å²) < 4.78 is 26.6. The second-order valence-corrected chi connectivity index (χ2v) is 13.2. The van der Waals surface area contributed by atoms with Crippen LogP contribution in [-0.2, 0) is 13.1 Å². The standard InChI is InChI=1S/C36H49FN2O4S/c1-3-4-5-6-7-8-9-10-11-12-13-14-22-43-33-19-15-18-31(37)30(33)26-39-32-21-20-28(24-34(32)44-27(2)36(39)41)35(40)38-25-29-17-16-23-42-29/h15-21,23-24,27,36,41H,3-14,22,25-26H2,1-2H3,(H,38,40). The molecule has 1 aliphatic heterocycles. The summed E-state index contributed by atoms with van der Waals surface area (Å²) in [6.07, 6.45) is 16.0. The number of hydrogen-bond acceptors (Lipinski definition) is 6. The van der Waals surface area contributed by atoms with E-state index in [1.807, 2.05) is 25.1 Å². The predicted molar refractivity (Wildman–Crippen MR) is 177 cm³/mol. The van der Waals surface area contributed by atoms with Crippen molar-refractivity contribution in [2.75, 3.05) is 11.5 Å². The van der Waals surface area contributed by atoms with Crippen LogP contribution in [0.25, 0.3) is 0 Å². The fourth-order valence-corrected chi connectivity index (χ4v) is 6.80. The molecule has 0 saturated heterocycles. The van der Waals surface area contributed by atoms with E-state index in [0.29, 0.717) is 35.8 Å². The van der Waals surface area contributed by atoms with Crippen LogP contribution in [0.1, 0.15) is 113 Å². The average Bonchev–Trinajstić information content (AvgIpc) is 3.55.